The van der Waals surface area contributed by atoms with Gasteiger partial charge in [0.25, 0.3) is 0 Å². The Morgan fingerprint density at radius 1 is 1.15 bits per heavy atom. The molecule has 118 valence electrons. The van der Waals surface area contributed by atoms with Gasteiger partial charge < -0.3 is 10.2 Å². The summed E-state index contributed by atoms with van der Waals surface area (Å²) in [4.78, 5) is 2.42. The monoisotopic (exact) mass is 283 g/mol. The van der Waals surface area contributed by atoms with Gasteiger partial charge in [-0.15, -0.1) is 0 Å². The molecule has 0 aromatic rings. The molecule has 1 aliphatic carbocycles. The van der Waals surface area contributed by atoms with Crippen molar-refractivity contribution in [1.82, 2.24) is 4.90 Å². The van der Waals surface area contributed by atoms with Crippen LogP contribution in [0, 0.1) is 23.2 Å². The highest BCUT2D eigenvalue weighted by Crippen LogP contribution is 2.41. The molecular formula is C17H33NO2. The van der Waals surface area contributed by atoms with Gasteiger partial charge in [-0.05, 0) is 55.4 Å². The fourth-order valence-corrected chi connectivity index (χ4v) is 4.14. The second-order valence-corrected chi connectivity index (χ2v) is 8.21. The molecule has 3 nitrogen and oxygen atoms in total. The molecule has 1 heterocycles. The van der Waals surface area contributed by atoms with Gasteiger partial charge in [-0.2, -0.15) is 0 Å². The summed E-state index contributed by atoms with van der Waals surface area (Å²) >= 11 is 0. The van der Waals surface area contributed by atoms with Crippen LogP contribution in [-0.2, 0) is 0 Å². The average Bonchev–Trinajstić information content (AvgIpc) is 2.71. The van der Waals surface area contributed by atoms with E-state index < -0.39 is 0 Å². The number of aliphatic hydroxyl groups excluding tert-OH is 2. The van der Waals surface area contributed by atoms with Crippen molar-refractivity contribution in [3.63, 3.8) is 0 Å². The predicted octanol–water partition coefficient (Wildman–Crippen LogP) is 2.51. The summed E-state index contributed by atoms with van der Waals surface area (Å²) in [6.07, 6.45) is 4.26. The second-order valence-electron chi connectivity index (χ2n) is 8.21. The van der Waals surface area contributed by atoms with Crippen molar-refractivity contribution < 1.29 is 10.2 Å². The highest BCUT2D eigenvalue weighted by molar-refractivity contribution is 4.91. The summed E-state index contributed by atoms with van der Waals surface area (Å²) in [7, 11) is 0. The molecule has 0 radical (unpaired) electrons. The van der Waals surface area contributed by atoms with Crippen LogP contribution in [0.5, 0.6) is 0 Å². The van der Waals surface area contributed by atoms with Crippen molar-refractivity contribution in [1.29, 1.82) is 0 Å². The quantitative estimate of drug-likeness (QED) is 0.836. The van der Waals surface area contributed by atoms with Gasteiger partial charge in [0.2, 0.25) is 0 Å². The van der Waals surface area contributed by atoms with Gasteiger partial charge in [-0.3, -0.25) is 4.90 Å². The first kappa shape index (κ1) is 16.3. The molecule has 0 bridgehead atoms. The van der Waals surface area contributed by atoms with Crippen LogP contribution in [0.4, 0.5) is 0 Å². The third-order valence-corrected chi connectivity index (χ3v) is 5.82. The molecule has 0 amide bonds. The Labute approximate surface area is 124 Å². The first-order valence-electron chi connectivity index (χ1n) is 8.36. The molecule has 2 N–H and O–H groups in total. The first-order chi connectivity index (χ1) is 9.32. The van der Waals surface area contributed by atoms with E-state index in [1.165, 1.54) is 6.42 Å². The van der Waals surface area contributed by atoms with E-state index in [0.29, 0.717) is 29.2 Å². The minimum atomic E-state index is -0.149. The van der Waals surface area contributed by atoms with Crippen LogP contribution < -0.4 is 0 Å². The number of hydrogen-bond donors (Lipinski definition) is 2. The Bertz CT molecular complexity index is 313. The topological polar surface area (TPSA) is 43.7 Å². The summed E-state index contributed by atoms with van der Waals surface area (Å²) in [6.45, 7) is 11.5. The lowest BCUT2D eigenvalue weighted by Gasteiger charge is -2.42. The summed E-state index contributed by atoms with van der Waals surface area (Å²) in [5.74, 6) is 1.68. The maximum atomic E-state index is 10.3. The molecule has 0 aromatic heterocycles. The Kier molecular flexibility index (Phi) is 5.14. The van der Waals surface area contributed by atoms with Crippen LogP contribution in [0.15, 0.2) is 0 Å². The first-order valence-corrected chi connectivity index (χ1v) is 8.36. The van der Waals surface area contributed by atoms with Crippen LogP contribution in [0.3, 0.4) is 0 Å². The third kappa shape index (κ3) is 3.55. The zero-order valence-electron chi connectivity index (χ0n) is 13.7. The molecule has 2 rings (SSSR count). The molecule has 3 heteroatoms. The largest absolute Gasteiger partial charge is 0.395 e. The van der Waals surface area contributed by atoms with Crippen molar-refractivity contribution >= 4 is 0 Å². The molecule has 5 atom stereocenters. The molecule has 20 heavy (non-hydrogen) atoms. The van der Waals surface area contributed by atoms with Crippen molar-refractivity contribution in [3.05, 3.63) is 0 Å². The smallest absolute Gasteiger partial charge is 0.0589 e. The Morgan fingerprint density at radius 3 is 2.45 bits per heavy atom. The van der Waals surface area contributed by atoms with Gasteiger partial charge in [-0.25, -0.2) is 0 Å². The van der Waals surface area contributed by atoms with E-state index in [1.807, 2.05) is 0 Å². The average molecular weight is 283 g/mol. The summed E-state index contributed by atoms with van der Waals surface area (Å²) < 4.78 is 0. The van der Waals surface area contributed by atoms with Gasteiger partial charge in [0.05, 0.1) is 12.7 Å². The van der Waals surface area contributed by atoms with Gasteiger partial charge >= 0.3 is 0 Å². The van der Waals surface area contributed by atoms with E-state index >= 15 is 0 Å². The fraction of sp³-hybridized carbons (Fsp3) is 1.00. The molecular weight excluding hydrogens is 250 g/mol. The minimum absolute atomic E-state index is 0.149. The molecule has 1 saturated carbocycles. The van der Waals surface area contributed by atoms with Crippen LogP contribution >= 0.6 is 0 Å². The van der Waals surface area contributed by atoms with Crippen molar-refractivity contribution in [2.24, 2.45) is 23.2 Å². The summed E-state index contributed by atoms with van der Waals surface area (Å²) in [6, 6.07) is 0.303. The van der Waals surface area contributed by atoms with Gasteiger partial charge in [-0.1, -0.05) is 27.7 Å². The lowest BCUT2D eigenvalue weighted by Crippen LogP contribution is -2.44. The molecule has 5 unspecified atom stereocenters. The third-order valence-electron chi connectivity index (χ3n) is 5.82. The minimum Gasteiger partial charge on any atom is -0.395 e. The van der Waals surface area contributed by atoms with Crippen LogP contribution in [0.25, 0.3) is 0 Å². The van der Waals surface area contributed by atoms with E-state index in [-0.39, 0.29) is 12.7 Å². The normalized spacial score (nSPS) is 40.2. The van der Waals surface area contributed by atoms with Crippen LogP contribution in [0.1, 0.15) is 53.4 Å². The number of hydrogen-bond acceptors (Lipinski definition) is 3. The van der Waals surface area contributed by atoms with E-state index in [9.17, 15) is 10.2 Å². The lowest BCUT2D eigenvalue weighted by molar-refractivity contribution is -0.00350. The van der Waals surface area contributed by atoms with E-state index in [2.05, 4.69) is 32.6 Å². The van der Waals surface area contributed by atoms with Gasteiger partial charge in [0.15, 0.2) is 0 Å². The van der Waals surface area contributed by atoms with Crippen LogP contribution in [0.2, 0.25) is 0 Å². The molecule has 1 saturated heterocycles. The maximum Gasteiger partial charge on any atom is 0.0589 e. The Hall–Kier alpha value is -0.120. The highest BCUT2D eigenvalue weighted by Gasteiger charge is 2.38. The summed E-state index contributed by atoms with van der Waals surface area (Å²) in [5, 5.41) is 19.9. The van der Waals surface area contributed by atoms with E-state index in [4.69, 9.17) is 0 Å². The SMILES string of the molecule is CC1CCN(CC2CC(C(C)(C)C)CCC2O)C1CO. The van der Waals surface area contributed by atoms with E-state index in [1.54, 1.807) is 0 Å². The predicted molar refractivity (Wildman–Crippen MR) is 82.5 cm³/mol. The van der Waals surface area contributed by atoms with Crippen molar-refractivity contribution in [3.8, 4) is 0 Å². The van der Waals surface area contributed by atoms with Crippen molar-refractivity contribution in [2.45, 2.75) is 65.5 Å². The molecule has 0 spiro atoms. The molecule has 2 aliphatic rings. The second kappa shape index (κ2) is 6.33. The zero-order valence-corrected chi connectivity index (χ0v) is 13.7. The highest BCUT2D eigenvalue weighted by atomic mass is 16.3. The van der Waals surface area contributed by atoms with Crippen LogP contribution in [-0.4, -0.2) is 47.0 Å². The van der Waals surface area contributed by atoms with Crippen molar-refractivity contribution in [2.75, 3.05) is 19.7 Å². The lowest BCUT2D eigenvalue weighted by atomic mass is 9.68. The van der Waals surface area contributed by atoms with E-state index in [0.717, 1.165) is 32.4 Å². The standard InChI is InChI=1S/C17H33NO2/c1-12-7-8-18(15(12)11-19)10-13-9-14(17(2,3)4)5-6-16(13)20/h12-16,19-20H,5-11H2,1-4H3. The maximum absolute atomic E-state index is 10.3. The number of rotatable bonds is 3. The number of likely N-dealkylation sites (tertiary alicyclic amines) is 1. The number of aliphatic hydroxyl groups is 2. The zero-order chi connectivity index (χ0) is 14.9. The van der Waals surface area contributed by atoms with Gasteiger partial charge in [0.1, 0.15) is 0 Å². The summed E-state index contributed by atoms with van der Waals surface area (Å²) in [5.41, 5.74) is 0.340. The number of nitrogens with zero attached hydrogens (tertiary/aromatic N) is 1. The molecule has 0 aromatic carbocycles. The molecule has 2 fully saturated rings. The fourth-order valence-electron chi connectivity index (χ4n) is 4.14. The Morgan fingerprint density at radius 2 is 1.85 bits per heavy atom. The Balaban J connectivity index is 1.96. The van der Waals surface area contributed by atoms with Gasteiger partial charge in [0, 0.05) is 12.6 Å². The molecule has 1 aliphatic heterocycles.